The molecule has 1 aliphatic heterocycles. The van der Waals surface area contributed by atoms with E-state index in [0.717, 1.165) is 16.8 Å². The van der Waals surface area contributed by atoms with E-state index in [4.69, 9.17) is 14.3 Å². The number of oxime groups is 1. The zero-order chi connectivity index (χ0) is 22.4. The third-order valence-corrected chi connectivity index (χ3v) is 5.10. The van der Waals surface area contributed by atoms with Gasteiger partial charge in [-0.2, -0.15) is 0 Å². The summed E-state index contributed by atoms with van der Waals surface area (Å²) in [4.78, 5) is 20.3. The summed E-state index contributed by atoms with van der Waals surface area (Å²) in [5.41, 5.74) is 2.56. The van der Waals surface area contributed by atoms with Crippen LogP contribution in [-0.4, -0.2) is 43.4 Å². The average molecular weight is 429 g/mol. The standard InChI is InChI=1S/C24H29FN2O4/c1-16(2)11-24(28)27(14-17-5-8-19(25)9-6-17)15-20-13-21(26-31-20)18-7-10-22(29-3)23(12-18)30-4/h5-10,12,16,20H,11,13-15H2,1-4H3/t20-/m0/s1. The number of ether oxygens (including phenoxy) is 2. The third-order valence-electron chi connectivity index (χ3n) is 5.10. The molecule has 2 aromatic carbocycles. The summed E-state index contributed by atoms with van der Waals surface area (Å²) in [6.45, 7) is 4.83. The normalized spacial score (nSPS) is 15.4. The molecule has 0 N–H and O–H groups in total. The minimum Gasteiger partial charge on any atom is -0.493 e. The van der Waals surface area contributed by atoms with E-state index in [1.165, 1.54) is 12.1 Å². The highest BCUT2D eigenvalue weighted by Gasteiger charge is 2.27. The minimum atomic E-state index is -0.295. The third kappa shape index (κ3) is 5.96. The Morgan fingerprint density at radius 2 is 1.87 bits per heavy atom. The second kappa shape index (κ2) is 10.3. The van der Waals surface area contributed by atoms with E-state index in [9.17, 15) is 9.18 Å². The number of methoxy groups -OCH3 is 2. The molecule has 0 bridgehead atoms. The van der Waals surface area contributed by atoms with Gasteiger partial charge in [0.25, 0.3) is 0 Å². The molecule has 1 amide bonds. The van der Waals surface area contributed by atoms with Gasteiger partial charge in [0.05, 0.1) is 26.5 Å². The molecule has 1 aliphatic rings. The van der Waals surface area contributed by atoms with Gasteiger partial charge < -0.3 is 19.2 Å². The van der Waals surface area contributed by atoms with Crippen LogP contribution in [0.2, 0.25) is 0 Å². The number of hydrogen-bond acceptors (Lipinski definition) is 5. The van der Waals surface area contributed by atoms with Gasteiger partial charge in [0.15, 0.2) is 17.6 Å². The molecule has 3 rings (SSSR count). The highest BCUT2D eigenvalue weighted by Crippen LogP contribution is 2.29. The van der Waals surface area contributed by atoms with Crippen LogP contribution in [0.5, 0.6) is 11.5 Å². The van der Waals surface area contributed by atoms with Crippen molar-refractivity contribution in [3.63, 3.8) is 0 Å². The summed E-state index contributed by atoms with van der Waals surface area (Å²) in [5.74, 6) is 1.26. The Hall–Kier alpha value is -3.09. The van der Waals surface area contributed by atoms with Crippen LogP contribution in [0, 0.1) is 11.7 Å². The molecule has 31 heavy (non-hydrogen) atoms. The van der Waals surface area contributed by atoms with Crippen LogP contribution >= 0.6 is 0 Å². The number of amides is 1. The van der Waals surface area contributed by atoms with E-state index in [1.54, 1.807) is 31.3 Å². The Morgan fingerprint density at radius 1 is 1.16 bits per heavy atom. The van der Waals surface area contributed by atoms with Gasteiger partial charge in [0.2, 0.25) is 5.91 Å². The molecule has 0 radical (unpaired) electrons. The van der Waals surface area contributed by atoms with Crippen LogP contribution in [0.1, 0.15) is 37.8 Å². The number of hydrogen-bond donors (Lipinski definition) is 0. The van der Waals surface area contributed by atoms with Crippen LogP contribution < -0.4 is 9.47 Å². The second-order valence-electron chi connectivity index (χ2n) is 8.04. The fraction of sp³-hybridized carbons (Fsp3) is 0.417. The largest absolute Gasteiger partial charge is 0.493 e. The van der Waals surface area contributed by atoms with Gasteiger partial charge in [-0.05, 0) is 41.8 Å². The highest BCUT2D eigenvalue weighted by molar-refractivity contribution is 6.01. The Morgan fingerprint density at radius 3 is 2.52 bits per heavy atom. The van der Waals surface area contributed by atoms with Crippen molar-refractivity contribution in [3.05, 3.63) is 59.4 Å². The van der Waals surface area contributed by atoms with Crippen molar-refractivity contribution < 1.29 is 23.5 Å². The molecule has 1 atom stereocenters. The van der Waals surface area contributed by atoms with Crippen LogP contribution in [-0.2, 0) is 16.2 Å². The molecular weight excluding hydrogens is 399 g/mol. The van der Waals surface area contributed by atoms with Crippen LogP contribution in [0.3, 0.4) is 0 Å². The molecule has 0 aromatic heterocycles. The van der Waals surface area contributed by atoms with Crippen molar-refractivity contribution in [2.24, 2.45) is 11.1 Å². The summed E-state index contributed by atoms with van der Waals surface area (Å²) in [5, 5.41) is 4.24. The maximum absolute atomic E-state index is 13.3. The fourth-order valence-electron chi connectivity index (χ4n) is 3.50. The van der Waals surface area contributed by atoms with E-state index in [0.29, 0.717) is 37.4 Å². The Balaban J connectivity index is 1.69. The van der Waals surface area contributed by atoms with Gasteiger partial charge >= 0.3 is 0 Å². The monoisotopic (exact) mass is 428 g/mol. The van der Waals surface area contributed by atoms with E-state index >= 15 is 0 Å². The maximum atomic E-state index is 13.3. The fourth-order valence-corrected chi connectivity index (χ4v) is 3.50. The van der Waals surface area contributed by atoms with Gasteiger partial charge in [-0.3, -0.25) is 4.79 Å². The van der Waals surface area contributed by atoms with Crippen molar-refractivity contribution in [1.29, 1.82) is 0 Å². The average Bonchev–Trinajstić information content (AvgIpc) is 3.22. The quantitative estimate of drug-likeness (QED) is 0.594. The van der Waals surface area contributed by atoms with Gasteiger partial charge in [-0.25, -0.2) is 4.39 Å². The molecule has 0 aliphatic carbocycles. The van der Waals surface area contributed by atoms with Crippen molar-refractivity contribution in [2.45, 2.75) is 39.3 Å². The zero-order valence-corrected chi connectivity index (χ0v) is 18.4. The van der Waals surface area contributed by atoms with E-state index < -0.39 is 0 Å². The van der Waals surface area contributed by atoms with Gasteiger partial charge in [0, 0.05) is 24.9 Å². The van der Waals surface area contributed by atoms with Gasteiger partial charge in [-0.15, -0.1) is 0 Å². The second-order valence-corrected chi connectivity index (χ2v) is 8.04. The summed E-state index contributed by atoms with van der Waals surface area (Å²) in [6, 6.07) is 11.8. The van der Waals surface area contributed by atoms with E-state index in [2.05, 4.69) is 5.16 Å². The summed E-state index contributed by atoms with van der Waals surface area (Å²) in [6.07, 6.45) is 0.765. The number of halogens is 1. The first-order valence-electron chi connectivity index (χ1n) is 10.4. The first kappa shape index (κ1) is 22.6. The number of benzene rings is 2. The highest BCUT2D eigenvalue weighted by atomic mass is 19.1. The summed E-state index contributed by atoms with van der Waals surface area (Å²) < 4.78 is 23.9. The molecule has 1 heterocycles. The van der Waals surface area contributed by atoms with Crippen molar-refractivity contribution in [2.75, 3.05) is 20.8 Å². The lowest BCUT2D eigenvalue weighted by molar-refractivity contribution is -0.134. The topological polar surface area (TPSA) is 60.4 Å². The molecule has 0 fully saturated rings. The molecule has 166 valence electrons. The van der Waals surface area contributed by atoms with E-state index in [-0.39, 0.29) is 23.7 Å². The number of carbonyl (C=O) groups excluding carboxylic acids is 1. The number of carbonyl (C=O) groups is 1. The van der Waals surface area contributed by atoms with Crippen molar-refractivity contribution in [1.82, 2.24) is 4.90 Å². The van der Waals surface area contributed by atoms with Crippen LogP contribution in [0.15, 0.2) is 47.6 Å². The lowest BCUT2D eigenvalue weighted by Crippen LogP contribution is -2.37. The number of rotatable bonds is 9. The first-order valence-corrected chi connectivity index (χ1v) is 10.4. The van der Waals surface area contributed by atoms with Gasteiger partial charge in [-0.1, -0.05) is 31.1 Å². The van der Waals surface area contributed by atoms with E-state index in [1.807, 2.05) is 32.0 Å². The summed E-state index contributed by atoms with van der Waals surface area (Å²) >= 11 is 0. The SMILES string of the molecule is COc1ccc(C2=NO[C@H](CN(Cc3ccc(F)cc3)C(=O)CC(C)C)C2)cc1OC. The lowest BCUT2D eigenvalue weighted by atomic mass is 10.0. The minimum absolute atomic E-state index is 0.0440. The zero-order valence-electron chi connectivity index (χ0n) is 18.4. The maximum Gasteiger partial charge on any atom is 0.223 e. The molecule has 0 saturated carbocycles. The first-order chi connectivity index (χ1) is 14.9. The summed E-state index contributed by atoms with van der Waals surface area (Å²) in [7, 11) is 3.18. The van der Waals surface area contributed by atoms with Crippen molar-refractivity contribution >= 4 is 11.6 Å². The Bertz CT molecular complexity index is 928. The van der Waals surface area contributed by atoms with Crippen LogP contribution in [0.25, 0.3) is 0 Å². The smallest absolute Gasteiger partial charge is 0.223 e. The predicted octanol–water partition coefficient (Wildman–Crippen LogP) is 4.41. The van der Waals surface area contributed by atoms with Crippen LogP contribution in [0.4, 0.5) is 4.39 Å². The van der Waals surface area contributed by atoms with Crippen molar-refractivity contribution in [3.8, 4) is 11.5 Å². The molecule has 0 spiro atoms. The predicted molar refractivity (Wildman–Crippen MR) is 117 cm³/mol. The molecule has 0 unspecified atom stereocenters. The lowest BCUT2D eigenvalue weighted by Gasteiger charge is -2.26. The molecule has 6 nitrogen and oxygen atoms in total. The Kier molecular flexibility index (Phi) is 7.50. The Labute approximate surface area is 182 Å². The molecule has 0 saturated heterocycles. The molecule has 2 aromatic rings. The molecular formula is C24H29FN2O4. The van der Waals surface area contributed by atoms with Gasteiger partial charge in [0.1, 0.15) is 5.82 Å². The molecule has 7 heteroatoms. The number of nitrogens with zero attached hydrogens (tertiary/aromatic N) is 2.